The maximum Gasteiger partial charge on any atom is 0.288 e. The molecule has 5 nitrogen and oxygen atoms in total. The van der Waals surface area contributed by atoms with Crippen LogP contribution in [0.15, 0.2) is 12.1 Å². The number of nitro benzene ring substituents is 1. The number of benzene rings is 1. The zero-order chi connectivity index (χ0) is 13.1. The van der Waals surface area contributed by atoms with Gasteiger partial charge in [0.15, 0.2) is 0 Å². The highest BCUT2D eigenvalue weighted by Crippen LogP contribution is 2.32. The lowest BCUT2D eigenvalue weighted by atomic mass is 10.1. The van der Waals surface area contributed by atoms with Crippen molar-refractivity contribution in [3.63, 3.8) is 0 Å². The Kier molecular flexibility index (Phi) is 4.04. The molecule has 0 spiro atoms. The molecule has 1 aliphatic heterocycles. The quantitative estimate of drug-likeness (QED) is 0.677. The van der Waals surface area contributed by atoms with Crippen LogP contribution in [0.5, 0.6) is 5.75 Å². The van der Waals surface area contributed by atoms with Crippen molar-refractivity contribution in [1.82, 2.24) is 5.32 Å². The van der Waals surface area contributed by atoms with Crippen molar-refractivity contribution in [2.75, 3.05) is 13.1 Å². The molecule has 1 atom stereocenters. The van der Waals surface area contributed by atoms with Crippen molar-refractivity contribution in [3.05, 3.63) is 32.8 Å². The molecule has 0 unspecified atom stereocenters. The molecular weight excluding hydrogens is 256 g/mol. The number of nitrogens with zero attached hydrogens (tertiary/aromatic N) is 1. The summed E-state index contributed by atoms with van der Waals surface area (Å²) in [6, 6.07) is 2.98. The minimum absolute atomic E-state index is 0.0803. The van der Waals surface area contributed by atoms with E-state index < -0.39 is 4.92 Å². The number of rotatable bonds is 3. The van der Waals surface area contributed by atoms with Gasteiger partial charge in [-0.15, -0.1) is 0 Å². The highest BCUT2D eigenvalue weighted by molar-refractivity contribution is 6.32. The van der Waals surface area contributed by atoms with E-state index in [0.29, 0.717) is 5.75 Å². The van der Waals surface area contributed by atoms with Gasteiger partial charge in [0.1, 0.15) is 16.9 Å². The summed E-state index contributed by atoms with van der Waals surface area (Å²) < 4.78 is 5.83. The molecule has 2 rings (SSSR count). The van der Waals surface area contributed by atoms with E-state index in [1.54, 1.807) is 6.92 Å². The summed E-state index contributed by atoms with van der Waals surface area (Å²) in [6.07, 6.45) is 2.17. The number of nitrogens with one attached hydrogen (secondary N) is 1. The van der Waals surface area contributed by atoms with Crippen LogP contribution in [0, 0.1) is 17.0 Å². The Balaban J connectivity index is 2.18. The summed E-state index contributed by atoms with van der Waals surface area (Å²) in [5.74, 6) is 0.624. The van der Waals surface area contributed by atoms with Crippen molar-refractivity contribution in [3.8, 4) is 5.75 Å². The molecule has 1 N–H and O–H groups in total. The van der Waals surface area contributed by atoms with E-state index in [4.69, 9.17) is 16.3 Å². The van der Waals surface area contributed by atoms with Crippen LogP contribution in [0.1, 0.15) is 18.4 Å². The van der Waals surface area contributed by atoms with E-state index in [1.807, 2.05) is 0 Å². The van der Waals surface area contributed by atoms with Crippen molar-refractivity contribution in [2.45, 2.75) is 25.9 Å². The average Bonchev–Trinajstić information content (AvgIpc) is 2.34. The Labute approximate surface area is 110 Å². The van der Waals surface area contributed by atoms with Crippen LogP contribution in [0.3, 0.4) is 0 Å². The highest BCUT2D eigenvalue weighted by Gasteiger charge is 2.19. The molecular formula is C12H15ClN2O3. The molecule has 1 aromatic carbocycles. The average molecular weight is 271 g/mol. The molecule has 98 valence electrons. The van der Waals surface area contributed by atoms with Crippen LogP contribution in [0.25, 0.3) is 0 Å². The lowest BCUT2D eigenvalue weighted by molar-refractivity contribution is -0.384. The van der Waals surface area contributed by atoms with Crippen LogP contribution in [-0.2, 0) is 0 Å². The Hall–Kier alpha value is -1.33. The first-order valence-electron chi connectivity index (χ1n) is 5.90. The molecule has 0 bridgehead atoms. The predicted molar refractivity (Wildman–Crippen MR) is 69.4 cm³/mol. The first-order chi connectivity index (χ1) is 8.58. The minimum Gasteiger partial charge on any atom is -0.489 e. The van der Waals surface area contributed by atoms with Crippen LogP contribution in [0.4, 0.5) is 5.69 Å². The predicted octanol–water partition coefficient (Wildman–Crippen LogP) is 2.69. The van der Waals surface area contributed by atoms with Crippen molar-refractivity contribution in [1.29, 1.82) is 0 Å². The Bertz CT molecular complexity index is 459. The molecule has 6 heteroatoms. The fraction of sp³-hybridized carbons (Fsp3) is 0.500. The third kappa shape index (κ3) is 2.91. The van der Waals surface area contributed by atoms with Gasteiger partial charge in [-0.3, -0.25) is 10.1 Å². The molecule has 1 aromatic rings. The third-order valence-corrected chi connectivity index (χ3v) is 3.29. The van der Waals surface area contributed by atoms with Gasteiger partial charge in [-0.1, -0.05) is 11.6 Å². The van der Waals surface area contributed by atoms with E-state index in [2.05, 4.69) is 5.32 Å². The molecule has 1 fully saturated rings. The number of nitro groups is 1. The van der Waals surface area contributed by atoms with E-state index in [1.165, 1.54) is 12.1 Å². The highest BCUT2D eigenvalue weighted by atomic mass is 35.5. The second kappa shape index (κ2) is 5.54. The fourth-order valence-electron chi connectivity index (χ4n) is 2.01. The lowest BCUT2D eigenvalue weighted by Gasteiger charge is -2.24. The summed E-state index contributed by atoms with van der Waals surface area (Å²) >= 11 is 5.88. The second-order valence-electron chi connectivity index (χ2n) is 4.41. The van der Waals surface area contributed by atoms with Gasteiger partial charge in [-0.2, -0.15) is 0 Å². The molecule has 0 radical (unpaired) electrons. The third-order valence-electron chi connectivity index (χ3n) is 2.99. The van der Waals surface area contributed by atoms with Gasteiger partial charge < -0.3 is 10.1 Å². The number of piperidine rings is 1. The number of hydrogen-bond acceptors (Lipinski definition) is 4. The van der Waals surface area contributed by atoms with Gasteiger partial charge in [0.25, 0.3) is 5.69 Å². The van der Waals surface area contributed by atoms with Gasteiger partial charge in [0, 0.05) is 18.7 Å². The molecule has 0 amide bonds. The lowest BCUT2D eigenvalue weighted by Crippen LogP contribution is -2.37. The standard InChI is InChI=1S/C12H15ClN2O3/c1-8-5-11(15(16)17)10(13)6-12(8)18-9-3-2-4-14-7-9/h5-6,9,14H,2-4,7H2,1H3/t9-/m0/s1. The first-order valence-corrected chi connectivity index (χ1v) is 6.27. The molecule has 18 heavy (non-hydrogen) atoms. The number of ether oxygens (including phenoxy) is 1. The zero-order valence-corrected chi connectivity index (χ0v) is 10.9. The van der Waals surface area contributed by atoms with Crippen LogP contribution >= 0.6 is 11.6 Å². The van der Waals surface area contributed by atoms with Crippen LogP contribution in [0.2, 0.25) is 5.02 Å². The van der Waals surface area contributed by atoms with Gasteiger partial charge in [0.05, 0.1) is 4.92 Å². The summed E-state index contributed by atoms with van der Waals surface area (Å²) in [5, 5.41) is 14.1. The van der Waals surface area contributed by atoms with Gasteiger partial charge in [-0.05, 0) is 31.9 Å². The Morgan fingerprint density at radius 3 is 2.94 bits per heavy atom. The topological polar surface area (TPSA) is 64.4 Å². The number of hydrogen-bond donors (Lipinski definition) is 1. The molecule has 0 aliphatic carbocycles. The van der Waals surface area contributed by atoms with E-state index in [0.717, 1.165) is 31.5 Å². The van der Waals surface area contributed by atoms with Gasteiger partial charge in [-0.25, -0.2) is 0 Å². The Morgan fingerprint density at radius 2 is 2.33 bits per heavy atom. The van der Waals surface area contributed by atoms with Crippen molar-refractivity contribution >= 4 is 17.3 Å². The van der Waals surface area contributed by atoms with Crippen LogP contribution in [-0.4, -0.2) is 24.1 Å². The molecule has 1 heterocycles. The van der Waals surface area contributed by atoms with Gasteiger partial charge in [0.2, 0.25) is 0 Å². The Morgan fingerprint density at radius 1 is 1.56 bits per heavy atom. The summed E-state index contributed by atoms with van der Waals surface area (Å²) in [6.45, 7) is 3.60. The van der Waals surface area contributed by atoms with Gasteiger partial charge >= 0.3 is 0 Å². The summed E-state index contributed by atoms with van der Waals surface area (Å²) in [4.78, 5) is 10.3. The maximum atomic E-state index is 10.7. The molecule has 0 saturated carbocycles. The van der Waals surface area contributed by atoms with E-state index in [9.17, 15) is 10.1 Å². The van der Waals surface area contributed by atoms with Crippen LogP contribution < -0.4 is 10.1 Å². The molecule has 1 saturated heterocycles. The van der Waals surface area contributed by atoms with Crippen molar-refractivity contribution in [2.24, 2.45) is 0 Å². The smallest absolute Gasteiger partial charge is 0.288 e. The SMILES string of the molecule is Cc1cc([N+](=O)[O-])c(Cl)cc1O[C@H]1CCCNC1. The molecule has 0 aromatic heterocycles. The maximum absolute atomic E-state index is 10.7. The van der Waals surface area contributed by atoms with E-state index >= 15 is 0 Å². The van der Waals surface area contributed by atoms with E-state index in [-0.39, 0.29) is 16.8 Å². The summed E-state index contributed by atoms with van der Waals surface area (Å²) in [7, 11) is 0. The zero-order valence-electron chi connectivity index (χ0n) is 10.1. The second-order valence-corrected chi connectivity index (χ2v) is 4.82. The summed E-state index contributed by atoms with van der Waals surface area (Å²) in [5.41, 5.74) is 0.653. The number of halogens is 1. The normalized spacial score (nSPS) is 19.6. The molecule has 1 aliphatic rings. The minimum atomic E-state index is -0.485. The first kappa shape index (κ1) is 13.1. The number of aryl methyl sites for hydroxylation is 1. The largest absolute Gasteiger partial charge is 0.489 e. The fourth-order valence-corrected chi connectivity index (χ4v) is 2.24. The van der Waals surface area contributed by atoms with Crippen molar-refractivity contribution < 1.29 is 9.66 Å². The monoisotopic (exact) mass is 270 g/mol.